The van der Waals surface area contributed by atoms with Crippen molar-refractivity contribution >= 4 is 0 Å². The molecule has 1 saturated carbocycles. The maximum absolute atomic E-state index is 13.7. The van der Waals surface area contributed by atoms with Crippen molar-refractivity contribution < 1.29 is 13.2 Å². The standard InChI is InChI=1S/C16H14F3N/c17-14-5-1-10(7-12(14)9-20-13-3-4-13)11-2-6-15(18)16(19)8-11/h1-2,5-8,13,20H,3-4,9H2. The van der Waals surface area contributed by atoms with Gasteiger partial charge in [0.1, 0.15) is 5.82 Å². The normalized spacial score (nSPS) is 14.6. The molecule has 0 saturated heterocycles. The average Bonchev–Trinajstić information content (AvgIpc) is 3.25. The van der Waals surface area contributed by atoms with Crippen LogP contribution in [0.15, 0.2) is 36.4 Å². The van der Waals surface area contributed by atoms with Gasteiger partial charge in [-0.2, -0.15) is 0 Å². The second-order valence-electron chi connectivity index (χ2n) is 5.09. The highest BCUT2D eigenvalue weighted by Crippen LogP contribution is 2.25. The van der Waals surface area contributed by atoms with Gasteiger partial charge in [0.15, 0.2) is 11.6 Å². The second-order valence-corrected chi connectivity index (χ2v) is 5.09. The third-order valence-corrected chi connectivity index (χ3v) is 3.46. The van der Waals surface area contributed by atoms with Crippen molar-refractivity contribution in [2.24, 2.45) is 0 Å². The largest absolute Gasteiger partial charge is 0.310 e. The van der Waals surface area contributed by atoms with Gasteiger partial charge < -0.3 is 5.32 Å². The Morgan fingerprint density at radius 3 is 2.15 bits per heavy atom. The van der Waals surface area contributed by atoms with Gasteiger partial charge in [-0.05, 0) is 48.2 Å². The summed E-state index contributed by atoms with van der Waals surface area (Å²) in [6.07, 6.45) is 2.26. The first-order valence-corrected chi connectivity index (χ1v) is 6.61. The van der Waals surface area contributed by atoms with Crippen LogP contribution in [0.25, 0.3) is 11.1 Å². The third kappa shape index (κ3) is 2.85. The van der Waals surface area contributed by atoms with Crippen LogP contribution in [0.3, 0.4) is 0 Å². The molecule has 0 heterocycles. The molecule has 2 aromatic rings. The summed E-state index contributed by atoms with van der Waals surface area (Å²) in [5.74, 6) is -2.07. The molecule has 1 aliphatic carbocycles. The highest BCUT2D eigenvalue weighted by Gasteiger charge is 2.20. The van der Waals surface area contributed by atoms with E-state index >= 15 is 0 Å². The van der Waals surface area contributed by atoms with E-state index in [1.807, 2.05) is 0 Å². The lowest BCUT2D eigenvalue weighted by Gasteiger charge is -2.08. The van der Waals surface area contributed by atoms with Crippen molar-refractivity contribution in [2.75, 3.05) is 0 Å². The van der Waals surface area contributed by atoms with Crippen LogP contribution in [0.5, 0.6) is 0 Å². The van der Waals surface area contributed by atoms with E-state index in [0.717, 1.165) is 25.0 Å². The number of benzene rings is 2. The van der Waals surface area contributed by atoms with Crippen molar-refractivity contribution in [3.05, 3.63) is 59.4 Å². The predicted molar refractivity (Wildman–Crippen MR) is 71.6 cm³/mol. The lowest BCUT2D eigenvalue weighted by Crippen LogP contribution is -2.16. The molecular formula is C16H14F3N. The van der Waals surface area contributed by atoms with Gasteiger partial charge in [0.25, 0.3) is 0 Å². The number of nitrogens with one attached hydrogen (secondary N) is 1. The SMILES string of the molecule is Fc1ccc(-c2ccc(F)c(CNC3CC3)c2)cc1F. The zero-order chi connectivity index (χ0) is 14.1. The van der Waals surface area contributed by atoms with Gasteiger partial charge >= 0.3 is 0 Å². The molecule has 0 bridgehead atoms. The first-order valence-electron chi connectivity index (χ1n) is 6.61. The maximum Gasteiger partial charge on any atom is 0.159 e. The number of halogens is 3. The summed E-state index contributed by atoms with van der Waals surface area (Å²) >= 11 is 0. The molecule has 20 heavy (non-hydrogen) atoms. The number of hydrogen-bond donors (Lipinski definition) is 1. The molecule has 104 valence electrons. The molecule has 0 aromatic heterocycles. The highest BCUT2D eigenvalue weighted by atomic mass is 19.2. The van der Waals surface area contributed by atoms with Crippen LogP contribution in [0.2, 0.25) is 0 Å². The van der Waals surface area contributed by atoms with E-state index < -0.39 is 11.6 Å². The molecule has 4 heteroatoms. The Hall–Kier alpha value is -1.81. The summed E-state index contributed by atoms with van der Waals surface area (Å²) in [6.45, 7) is 0.452. The van der Waals surface area contributed by atoms with Gasteiger partial charge in [0.2, 0.25) is 0 Å². The third-order valence-electron chi connectivity index (χ3n) is 3.46. The Bertz CT molecular complexity index is 636. The molecule has 1 fully saturated rings. The Labute approximate surface area is 115 Å². The summed E-state index contributed by atoms with van der Waals surface area (Å²) in [5.41, 5.74) is 1.76. The first-order chi connectivity index (χ1) is 9.63. The van der Waals surface area contributed by atoms with Gasteiger partial charge in [-0.1, -0.05) is 12.1 Å². The minimum absolute atomic E-state index is 0.288. The summed E-state index contributed by atoms with van der Waals surface area (Å²) in [6, 6.07) is 8.79. The lowest BCUT2D eigenvalue weighted by atomic mass is 10.0. The molecule has 0 radical (unpaired) electrons. The van der Waals surface area contributed by atoms with E-state index in [1.54, 1.807) is 12.1 Å². The second kappa shape index (κ2) is 5.29. The Balaban J connectivity index is 1.88. The molecule has 0 atom stereocenters. The fourth-order valence-corrected chi connectivity index (χ4v) is 2.11. The molecule has 1 N–H and O–H groups in total. The number of hydrogen-bond acceptors (Lipinski definition) is 1. The molecule has 2 aromatic carbocycles. The molecule has 1 aliphatic rings. The summed E-state index contributed by atoms with van der Waals surface area (Å²) in [7, 11) is 0. The first kappa shape index (κ1) is 13.2. The van der Waals surface area contributed by atoms with Gasteiger partial charge in [-0.15, -0.1) is 0 Å². The topological polar surface area (TPSA) is 12.0 Å². The molecule has 0 aliphatic heterocycles. The van der Waals surface area contributed by atoms with Gasteiger partial charge in [0, 0.05) is 18.2 Å². The van der Waals surface area contributed by atoms with Crippen molar-refractivity contribution in [3.63, 3.8) is 0 Å². The van der Waals surface area contributed by atoms with Crippen molar-refractivity contribution in [1.29, 1.82) is 0 Å². The summed E-state index contributed by atoms with van der Waals surface area (Å²) in [4.78, 5) is 0. The van der Waals surface area contributed by atoms with E-state index in [4.69, 9.17) is 0 Å². The van der Waals surface area contributed by atoms with Gasteiger partial charge in [-0.25, -0.2) is 13.2 Å². The molecule has 0 spiro atoms. The minimum Gasteiger partial charge on any atom is -0.310 e. The fourth-order valence-electron chi connectivity index (χ4n) is 2.11. The van der Waals surface area contributed by atoms with Crippen LogP contribution < -0.4 is 5.32 Å². The van der Waals surface area contributed by atoms with Crippen LogP contribution in [0.1, 0.15) is 18.4 Å². The summed E-state index contributed by atoms with van der Waals surface area (Å²) in [5, 5.41) is 3.24. The van der Waals surface area contributed by atoms with E-state index in [0.29, 0.717) is 29.3 Å². The van der Waals surface area contributed by atoms with Crippen molar-refractivity contribution in [3.8, 4) is 11.1 Å². The van der Waals surface area contributed by atoms with Crippen molar-refractivity contribution in [2.45, 2.75) is 25.4 Å². The van der Waals surface area contributed by atoms with E-state index in [9.17, 15) is 13.2 Å². The Kier molecular flexibility index (Phi) is 3.49. The van der Waals surface area contributed by atoms with Crippen LogP contribution in [0.4, 0.5) is 13.2 Å². The van der Waals surface area contributed by atoms with Crippen LogP contribution in [-0.4, -0.2) is 6.04 Å². The van der Waals surface area contributed by atoms with Gasteiger partial charge in [-0.3, -0.25) is 0 Å². The Morgan fingerprint density at radius 1 is 0.850 bits per heavy atom. The maximum atomic E-state index is 13.7. The lowest BCUT2D eigenvalue weighted by molar-refractivity contribution is 0.509. The predicted octanol–water partition coefficient (Wildman–Crippen LogP) is 4.02. The average molecular weight is 277 g/mol. The number of rotatable bonds is 4. The van der Waals surface area contributed by atoms with E-state index in [2.05, 4.69) is 5.32 Å². The van der Waals surface area contributed by atoms with Crippen LogP contribution in [0, 0.1) is 17.5 Å². The fraction of sp³-hybridized carbons (Fsp3) is 0.250. The molecule has 3 rings (SSSR count). The van der Waals surface area contributed by atoms with E-state index in [1.165, 1.54) is 12.1 Å². The quantitative estimate of drug-likeness (QED) is 0.890. The molecule has 0 unspecified atom stereocenters. The van der Waals surface area contributed by atoms with E-state index in [-0.39, 0.29) is 5.82 Å². The monoisotopic (exact) mass is 277 g/mol. The molecule has 0 amide bonds. The molecule has 1 nitrogen and oxygen atoms in total. The van der Waals surface area contributed by atoms with Crippen molar-refractivity contribution in [1.82, 2.24) is 5.32 Å². The summed E-state index contributed by atoms with van der Waals surface area (Å²) < 4.78 is 39.9. The Morgan fingerprint density at radius 2 is 1.50 bits per heavy atom. The smallest absolute Gasteiger partial charge is 0.159 e. The molecular weight excluding hydrogens is 263 g/mol. The highest BCUT2D eigenvalue weighted by molar-refractivity contribution is 5.64. The zero-order valence-corrected chi connectivity index (χ0v) is 10.8. The minimum atomic E-state index is -0.899. The van der Waals surface area contributed by atoms with Crippen LogP contribution >= 0.6 is 0 Å². The van der Waals surface area contributed by atoms with Crippen LogP contribution in [-0.2, 0) is 6.54 Å². The zero-order valence-electron chi connectivity index (χ0n) is 10.8. The van der Waals surface area contributed by atoms with Gasteiger partial charge in [0.05, 0.1) is 0 Å².